The molecule has 0 aliphatic heterocycles. The zero-order chi connectivity index (χ0) is 16.7. The van der Waals surface area contributed by atoms with Crippen LogP contribution in [0.4, 0.5) is 4.39 Å². The van der Waals surface area contributed by atoms with Gasteiger partial charge in [-0.05, 0) is 31.0 Å². The number of sulfone groups is 1. The van der Waals surface area contributed by atoms with Gasteiger partial charge < -0.3 is 0 Å². The van der Waals surface area contributed by atoms with Crippen molar-refractivity contribution in [1.29, 1.82) is 0 Å². The van der Waals surface area contributed by atoms with Gasteiger partial charge >= 0.3 is 0 Å². The lowest BCUT2D eigenvalue weighted by Gasteiger charge is -2.07. The normalized spacial score (nSPS) is 14.9. The van der Waals surface area contributed by atoms with Crippen LogP contribution in [0.15, 0.2) is 41.8 Å². The molecule has 1 aliphatic rings. The number of aromatic amines is 1. The van der Waals surface area contributed by atoms with Crippen molar-refractivity contribution in [3.8, 4) is 5.69 Å². The highest BCUT2D eigenvalue weighted by atomic mass is 32.2. The predicted octanol–water partition coefficient (Wildman–Crippen LogP) is 1.98. The zero-order valence-corrected chi connectivity index (χ0v) is 13.4. The summed E-state index contributed by atoms with van der Waals surface area (Å²) in [5, 5.41) is 6.58. The van der Waals surface area contributed by atoms with Crippen LogP contribution in [0.3, 0.4) is 0 Å². The van der Waals surface area contributed by atoms with Crippen LogP contribution in [0.25, 0.3) is 5.69 Å². The molecular weight excluding hydrogens is 333 g/mol. The second kappa shape index (κ2) is 5.52. The second-order valence-electron chi connectivity index (χ2n) is 5.73. The number of benzene rings is 1. The van der Waals surface area contributed by atoms with Crippen LogP contribution in [0, 0.1) is 5.82 Å². The smallest absolute Gasteiger partial charge is 0.232 e. The molecule has 1 aliphatic carbocycles. The van der Waals surface area contributed by atoms with Gasteiger partial charge in [0.25, 0.3) is 0 Å². The van der Waals surface area contributed by atoms with Crippen LogP contribution < -0.4 is 0 Å². The monoisotopic (exact) mass is 347 g/mol. The Hall–Kier alpha value is -2.55. The van der Waals surface area contributed by atoms with Gasteiger partial charge in [-0.3, -0.25) is 9.67 Å². The fourth-order valence-corrected chi connectivity index (χ4v) is 3.79. The van der Waals surface area contributed by atoms with Crippen molar-refractivity contribution in [2.75, 3.05) is 0 Å². The number of hydrogen-bond donors (Lipinski definition) is 1. The number of hydrogen-bond acceptors (Lipinski definition) is 5. The Kier molecular flexibility index (Phi) is 3.45. The van der Waals surface area contributed by atoms with E-state index in [1.165, 1.54) is 35.2 Å². The topological polar surface area (TPSA) is 93.5 Å². The first kappa shape index (κ1) is 15.0. The van der Waals surface area contributed by atoms with Gasteiger partial charge in [0.1, 0.15) is 17.4 Å². The maximum absolute atomic E-state index is 13.4. The molecule has 0 amide bonds. The number of H-pyrrole nitrogens is 1. The molecule has 0 atom stereocenters. The summed E-state index contributed by atoms with van der Waals surface area (Å²) in [6, 6.07) is 5.67. The molecule has 1 N–H and O–H groups in total. The molecule has 0 radical (unpaired) electrons. The van der Waals surface area contributed by atoms with E-state index in [-0.39, 0.29) is 16.7 Å². The highest BCUT2D eigenvalue weighted by Crippen LogP contribution is 2.37. The van der Waals surface area contributed by atoms with Crippen molar-refractivity contribution in [1.82, 2.24) is 24.7 Å². The van der Waals surface area contributed by atoms with Gasteiger partial charge in [-0.25, -0.2) is 22.8 Å². The Bertz CT molecular complexity index is 991. The molecule has 3 aromatic rings. The first-order chi connectivity index (χ1) is 11.5. The fourth-order valence-electron chi connectivity index (χ4n) is 2.49. The average molecular weight is 347 g/mol. The maximum atomic E-state index is 13.4. The maximum Gasteiger partial charge on any atom is 0.232 e. The SMILES string of the molecule is O=S(=O)(Cc1nc(C2CC2)n[nH]1)c1nccn1-c1cccc(F)c1. The van der Waals surface area contributed by atoms with E-state index >= 15 is 0 Å². The van der Waals surface area contributed by atoms with Crippen LogP contribution in [-0.2, 0) is 15.6 Å². The highest BCUT2D eigenvalue weighted by molar-refractivity contribution is 7.90. The van der Waals surface area contributed by atoms with Gasteiger partial charge in [0.15, 0.2) is 5.82 Å². The van der Waals surface area contributed by atoms with Gasteiger partial charge in [0.2, 0.25) is 15.0 Å². The first-order valence-electron chi connectivity index (χ1n) is 7.46. The quantitative estimate of drug-likeness (QED) is 0.762. The van der Waals surface area contributed by atoms with E-state index in [0.29, 0.717) is 17.4 Å². The molecule has 24 heavy (non-hydrogen) atoms. The minimum Gasteiger partial charge on any atom is -0.291 e. The molecule has 0 unspecified atom stereocenters. The van der Waals surface area contributed by atoms with E-state index in [4.69, 9.17) is 0 Å². The fraction of sp³-hybridized carbons (Fsp3) is 0.267. The van der Waals surface area contributed by atoms with Gasteiger partial charge in [-0.15, -0.1) is 0 Å². The number of nitrogens with zero attached hydrogens (tertiary/aromatic N) is 4. The lowest BCUT2D eigenvalue weighted by atomic mass is 10.3. The number of halogens is 1. The summed E-state index contributed by atoms with van der Waals surface area (Å²) >= 11 is 0. The van der Waals surface area contributed by atoms with E-state index in [0.717, 1.165) is 12.8 Å². The van der Waals surface area contributed by atoms with Gasteiger partial charge in [-0.1, -0.05) is 6.07 Å². The van der Waals surface area contributed by atoms with E-state index in [1.807, 2.05) is 0 Å². The van der Waals surface area contributed by atoms with E-state index in [9.17, 15) is 12.8 Å². The van der Waals surface area contributed by atoms with Crippen molar-refractivity contribution >= 4 is 9.84 Å². The van der Waals surface area contributed by atoms with Crippen molar-refractivity contribution in [2.24, 2.45) is 0 Å². The zero-order valence-electron chi connectivity index (χ0n) is 12.6. The van der Waals surface area contributed by atoms with E-state index < -0.39 is 15.7 Å². The summed E-state index contributed by atoms with van der Waals surface area (Å²) in [4.78, 5) is 8.18. The lowest BCUT2D eigenvalue weighted by Crippen LogP contribution is -2.13. The Morgan fingerprint density at radius 1 is 1.33 bits per heavy atom. The van der Waals surface area contributed by atoms with E-state index in [1.54, 1.807) is 6.07 Å². The molecule has 1 saturated carbocycles. The van der Waals surface area contributed by atoms with Gasteiger partial charge in [0.05, 0.1) is 5.69 Å². The molecule has 1 fully saturated rings. The summed E-state index contributed by atoms with van der Waals surface area (Å²) in [5.74, 6) is 0.499. The Morgan fingerprint density at radius 3 is 2.92 bits per heavy atom. The molecule has 0 bridgehead atoms. The third-order valence-corrected chi connectivity index (χ3v) is 5.30. The first-order valence-corrected chi connectivity index (χ1v) is 9.11. The standard InChI is InChI=1S/C15H14FN5O2S/c16-11-2-1-3-12(8-11)21-7-6-17-15(21)24(22,23)9-13-18-14(20-19-13)10-4-5-10/h1-3,6-8,10H,4-5,9H2,(H,18,19,20). The molecule has 2 aromatic heterocycles. The number of nitrogens with one attached hydrogen (secondary N) is 1. The van der Waals surface area contributed by atoms with Crippen molar-refractivity contribution in [3.63, 3.8) is 0 Å². The van der Waals surface area contributed by atoms with Crippen molar-refractivity contribution in [2.45, 2.75) is 29.7 Å². The summed E-state index contributed by atoms with van der Waals surface area (Å²) in [5.41, 5.74) is 0.391. The molecule has 124 valence electrons. The summed E-state index contributed by atoms with van der Waals surface area (Å²) < 4.78 is 40.1. The molecule has 2 heterocycles. The van der Waals surface area contributed by atoms with Crippen molar-refractivity contribution in [3.05, 3.63) is 54.1 Å². The summed E-state index contributed by atoms with van der Waals surface area (Å²) in [7, 11) is -3.76. The van der Waals surface area contributed by atoms with Crippen LogP contribution in [-0.4, -0.2) is 33.2 Å². The second-order valence-corrected chi connectivity index (χ2v) is 7.62. The van der Waals surface area contributed by atoms with Crippen LogP contribution >= 0.6 is 0 Å². The Balaban J connectivity index is 1.66. The van der Waals surface area contributed by atoms with Gasteiger partial charge in [0, 0.05) is 18.3 Å². The number of aromatic nitrogens is 5. The van der Waals surface area contributed by atoms with Gasteiger partial charge in [-0.2, -0.15) is 5.10 Å². The minimum atomic E-state index is -3.76. The number of rotatable bonds is 5. The minimum absolute atomic E-state index is 0.155. The number of imidazole rings is 1. The third-order valence-electron chi connectivity index (χ3n) is 3.79. The summed E-state index contributed by atoms with van der Waals surface area (Å²) in [6.45, 7) is 0. The highest BCUT2D eigenvalue weighted by Gasteiger charge is 2.29. The molecule has 9 heteroatoms. The molecule has 0 saturated heterocycles. The Morgan fingerprint density at radius 2 is 2.17 bits per heavy atom. The van der Waals surface area contributed by atoms with Crippen LogP contribution in [0.1, 0.15) is 30.4 Å². The molecule has 4 rings (SSSR count). The third kappa shape index (κ3) is 2.82. The summed E-state index contributed by atoms with van der Waals surface area (Å²) in [6.07, 6.45) is 4.92. The lowest BCUT2D eigenvalue weighted by molar-refractivity contribution is 0.581. The largest absolute Gasteiger partial charge is 0.291 e. The molecule has 1 aromatic carbocycles. The van der Waals surface area contributed by atoms with Crippen molar-refractivity contribution < 1.29 is 12.8 Å². The predicted molar refractivity (Wildman–Crippen MR) is 82.8 cm³/mol. The average Bonchev–Trinajstić information content (AvgIpc) is 3.08. The van der Waals surface area contributed by atoms with Crippen LogP contribution in [0.2, 0.25) is 0 Å². The molecular formula is C15H14FN5O2S. The molecule has 0 spiro atoms. The van der Waals surface area contributed by atoms with E-state index in [2.05, 4.69) is 20.2 Å². The Labute approximate surface area is 137 Å². The molecule has 7 nitrogen and oxygen atoms in total. The van der Waals surface area contributed by atoms with Crippen LogP contribution in [0.5, 0.6) is 0 Å².